The highest BCUT2D eigenvalue weighted by atomic mass is 35.5. The monoisotopic (exact) mass is 462 g/mol. The van der Waals surface area contributed by atoms with Crippen LogP contribution in [0.4, 0.5) is 8.78 Å². The Labute approximate surface area is 184 Å². The molecule has 1 unspecified atom stereocenters. The fourth-order valence-corrected chi connectivity index (χ4v) is 4.10. The lowest BCUT2D eigenvalue weighted by molar-refractivity contribution is 0.0631. The maximum atomic E-state index is 13.6. The Bertz CT molecular complexity index is 1310. The molecule has 0 aromatic carbocycles. The molecule has 5 heterocycles. The van der Waals surface area contributed by atoms with Gasteiger partial charge in [-0.05, 0) is 25.1 Å². The Morgan fingerprint density at radius 2 is 2.22 bits per heavy atom. The summed E-state index contributed by atoms with van der Waals surface area (Å²) in [6.45, 7) is 1.52. The van der Waals surface area contributed by atoms with Crippen LogP contribution in [0.25, 0.3) is 5.52 Å². The van der Waals surface area contributed by atoms with E-state index in [9.17, 15) is 18.7 Å². The van der Waals surface area contributed by atoms with Gasteiger partial charge < -0.3 is 19.4 Å². The fraction of sp³-hybridized carbons (Fsp3) is 0.300. The highest BCUT2D eigenvalue weighted by molar-refractivity contribution is 6.29. The molecule has 2 N–H and O–H groups in total. The number of oxazole rings is 1. The van der Waals surface area contributed by atoms with E-state index in [-0.39, 0.29) is 12.4 Å². The number of nitrogens with one attached hydrogen (secondary N) is 1. The van der Waals surface area contributed by atoms with Crippen molar-refractivity contribution in [1.29, 1.82) is 0 Å². The Hall–Kier alpha value is -3.31. The first-order chi connectivity index (χ1) is 15.3. The predicted octanol–water partition coefficient (Wildman–Crippen LogP) is 3.48. The van der Waals surface area contributed by atoms with Gasteiger partial charge in [-0.1, -0.05) is 17.7 Å². The highest BCUT2D eigenvalue weighted by Crippen LogP contribution is 2.36. The van der Waals surface area contributed by atoms with E-state index in [1.165, 1.54) is 22.7 Å². The van der Waals surface area contributed by atoms with Gasteiger partial charge in [-0.25, -0.2) is 23.3 Å². The first-order valence-electron chi connectivity index (χ1n) is 9.79. The number of amides is 1. The van der Waals surface area contributed by atoms with Crippen molar-refractivity contribution in [2.75, 3.05) is 6.54 Å². The van der Waals surface area contributed by atoms with Crippen LogP contribution in [0, 0.1) is 0 Å². The molecule has 32 heavy (non-hydrogen) atoms. The molecule has 1 aliphatic rings. The number of halogens is 3. The van der Waals surface area contributed by atoms with Gasteiger partial charge in [-0.3, -0.25) is 4.79 Å². The molecular weight excluding hydrogens is 446 g/mol. The van der Waals surface area contributed by atoms with Crippen LogP contribution in [-0.2, 0) is 6.42 Å². The van der Waals surface area contributed by atoms with Gasteiger partial charge in [-0.2, -0.15) is 5.10 Å². The first kappa shape index (κ1) is 20.6. The lowest BCUT2D eigenvalue weighted by Crippen LogP contribution is -2.41. The molecule has 2 atom stereocenters. The summed E-state index contributed by atoms with van der Waals surface area (Å²) in [6.07, 6.45) is -2.35. The molecule has 0 saturated heterocycles. The molecular formula is C20H17ClF2N6O3. The number of H-pyrrole nitrogens is 1. The number of aliphatic hydroxyl groups is 1. The summed E-state index contributed by atoms with van der Waals surface area (Å²) in [6, 6.07) is 6.25. The van der Waals surface area contributed by atoms with Crippen LogP contribution in [0.5, 0.6) is 0 Å². The number of carbonyl (C=O) groups excluding carboxylic acids is 1. The minimum absolute atomic E-state index is 0.202. The number of hydrogen-bond donors (Lipinski definition) is 2. The van der Waals surface area contributed by atoms with Crippen molar-refractivity contribution < 1.29 is 23.1 Å². The second kappa shape index (κ2) is 7.68. The van der Waals surface area contributed by atoms with E-state index < -0.39 is 35.9 Å². The standard InChI is InChI=1S/C20H17ClF2N6O3/c1-9(30)19-26-15(18(22)23)17(32-19)20(31)28-6-5-11-14(25-8-24-11)16(28)12-7-10-3-2-4-13(21)29(10)27-12/h2-4,7-9,16,18,30H,5-6H2,1H3,(H,24,25)/t9-,16?/m1/s1. The third kappa shape index (κ3) is 3.24. The molecule has 5 rings (SSSR count). The summed E-state index contributed by atoms with van der Waals surface area (Å²) >= 11 is 6.24. The van der Waals surface area contributed by atoms with Crippen LogP contribution in [-0.4, -0.2) is 47.0 Å². The maximum absolute atomic E-state index is 13.6. The normalized spacial score (nSPS) is 17.2. The molecule has 9 nitrogen and oxygen atoms in total. The van der Waals surface area contributed by atoms with E-state index in [2.05, 4.69) is 20.1 Å². The van der Waals surface area contributed by atoms with Crippen molar-refractivity contribution in [1.82, 2.24) is 29.5 Å². The zero-order valence-electron chi connectivity index (χ0n) is 16.7. The third-order valence-electron chi connectivity index (χ3n) is 5.35. The smallest absolute Gasteiger partial charge is 0.292 e. The molecule has 0 radical (unpaired) electrons. The zero-order chi connectivity index (χ0) is 22.6. The van der Waals surface area contributed by atoms with Gasteiger partial charge >= 0.3 is 0 Å². The van der Waals surface area contributed by atoms with Crippen molar-refractivity contribution in [3.63, 3.8) is 0 Å². The van der Waals surface area contributed by atoms with E-state index in [0.717, 1.165) is 5.69 Å². The average Bonchev–Trinajstić information content (AvgIpc) is 3.49. The van der Waals surface area contributed by atoms with Crippen molar-refractivity contribution in [3.05, 3.63) is 70.2 Å². The number of aromatic nitrogens is 5. The molecule has 1 aliphatic heterocycles. The van der Waals surface area contributed by atoms with Crippen molar-refractivity contribution in [2.24, 2.45) is 0 Å². The van der Waals surface area contributed by atoms with Crippen LogP contribution in [0.3, 0.4) is 0 Å². The topological polar surface area (TPSA) is 113 Å². The Balaban J connectivity index is 1.63. The summed E-state index contributed by atoms with van der Waals surface area (Å²) in [7, 11) is 0. The number of hydrogen-bond acceptors (Lipinski definition) is 6. The number of imidazole rings is 1. The number of carbonyl (C=O) groups is 1. The molecule has 12 heteroatoms. The van der Waals surface area contributed by atoms with Crippen LogP contribution < -0.4 is 0 Å². The van der Waals surface area contributed by atoms with Gasteiger partial charge in [0, 0.05) is 18.7 Å². The number of aliphatic hydroxyl groups excluding tert-OH is 1. The summed E-state index contributed by atoms with van der Waals surface area (Å²) in [5, 5.41) is 14.6. The molecule has 4 aromatic rings. The summed E-state index contributed by atoms with van der Waals surface area (Å²) in [4.78, 5) is 25.8. The number of pyridine rings is 1. The average molecular weight is 463 g/mol. The molecule has 1 amide bonds. The summed E-state index contributed by atoms with van der Waals surface area (Å²) in [5.74, 6) is -1.75. The predicted molar refractivity (Wildman–Crippen MR) is 107 cm³/mol. The molecule has 4 aromatic heterocycles. The lowest BCUT2D eigenvalue weighted by Gasteiger charge is -2.33. The molecule has 0 fully saturated rings. The summed E-state index contributed by atoms with van der Waals surface area (Å²) < 4.78 is 34.0. The maximum Gasteiger partial charge on any atom is 0.292 e. The fourth-order valence-electron chi connectivity index (χ4n) is 3.89. The quantitative estimate of drug-likeness (QED) is 0.449. The van der Waals surface area contributed by atoms with Gasteiger partial charge in [0.1, 0.15) is 17.3 Å². The lowest BCUT2D eigenvalue weighted by atomic mass is 9.99. The Morgan fingerprint density at radius 1 is 1.41 bits per heavy atom. The minimum atomic E-state index is -3.05. The van der Waals surface area contributed by atoms with E-state index in [1.54, 1.807) is 18.2 Å². The first-order valence-corrected chi connectivity index (χ1v) is 10.2. The SMILES string of the molecule is C[C@@H](O)c1nc(C(F)F)c(C(=O)N2CCc3[nH]cnc3C2c2cc3cccc(Cl)n3n2)o1. The second-order valence-electron chi connectivity index (χ2n) is 7.41. The molecule has 166 valence electrons. The molecule has 0 saturated carbocycles. The van der Waals surface area contributed by atoms with Crippen molar-refractivity contribution >= 4 is 23.0 Å². The van der Waals surface area contributed by atoms with Gasteiger partial charge in [0.15, 0.2) is 5.69 Å². The number of nitrogens with zero attached hydrogens (tertiary/aromatic N) is 5. The van der Waals surface area contributed by atoms with E-state index in [4.69, 9.17) is 16.0 Å². The molecule has 0 bridgehead atoms. The molecule has 0 aliphatic carbocycles. The summed E-state index contributed by atoms with van der Waals surface area (Å²) in [5.41, 5.74) is 1.73. The van der Waals surface area contributed by atoms with Crippen LogP contribution >= 0.6 is 11.6 Å². The minimum Gasteiger partial charge on any atom is -0.432 e. The number of aromatic amines is 1. The van der Waals surface area contributed by atoms with Gasteiger partial charge in [-0.15, -0.1) is 0 Å². The molecule has 0 spiro atoms. The van der Waals surface area contributed by atoms with E-state index >= 15 is 0 Å². The van der Waals surface area contributed by atoms with Crippen LogP contribution in [0.1, 0.15) is 64.7 Å². The van der Waals surface area contributed by atoms with Gasteiger partial charge in [0.2, 0.25) is 11.7 Å². The van der Waals surface area contributed by atoms with E-state index in [1.807, 2.05) is 6.07 Å². The largest absolute Gasteiger partial charge is 0.432 e. The van der Waals surface area contributed by atoms with Crippen LogP contribution in [0.15, 0.2) is 35.0 Å². The highest BCUT2D eigenvalue weighted by Gasteiger charge is 2.40. The Morgan fingerprint density at radius 3 is 2.94 bits per heavy atom. The number of fused-ring (bicyclic) bond motifs is 2. The number of rotatable bonds is 4. The van der Waals surface area contributed by atoms with E-state index in [0.29, 0.717) is 28.5 Å². The zero-order valence-corrected chi connectivity index (χ0v) is 17.4. The van der Waals surface area contributed by atoms with Gasteiger partial charge in [0.05, 0.1) is 23.2 Å². The van der Waals surface area contributed by atoms with Crippen molar-refractivity contribution in [2.45, 2.75) is 31.9 Å². The Kier molecular flexibility index (Phi) is 4.94. The second-order valence-corrected chi connectivity index (χ2v) is 7.80. The number of alkyl halides is 2. The van der Waals surface area contributed by atoms with Gasteiger partial charge in [0.25, 0.3) is 12.3 Å². The van der Waals surface area contributed by atoms with Crippen LogP contribution in [0.2, 0.25) is 5.15 Å². The van der Waals surface area contributed by atoms with Crippen molar-refractivity contribution in [3.8, 4) is 0 Å². The third-order valence-corrected chi connectivity index (χ3v) is 5.64.